The number of benzene rings is 2. The fourth-order valence-corrected chi connectivity index (χ4v) is 5.44. The van der Waals surface area contributed by atoms with Gasteiger partial charge in [0.05, 0.1) is 19.0 Å². The van der Waals surface area contributed by atoms with Crippen LogP contribution in [0.15, 0.2) is 73.3 Å². The Labute approximate surface area is 214 Å². The smallest absolute Gasteiger partial charge is 0.167 e. The van der Waals surface area contributed by atoms with Crippen molar-refractivity contribution < 1.29 is 20.1 Å². The molecule has 4 aromatic rings. The van der Waals surface area contributed by atoms with Crippen molar-refractivity contribution in [2.24, 2.45) is 0 Å². The molecule has 2 aliphatic heterocycles. The first-order valence-electron chi connectivity index (χ1n) is 12.5. The molecule has 0 bridgehead atoms. The first-order chi connectivity index (χ1) is 18.2. The van der Waals surface area contributed by atoms with Gasteiger partial charge in [-0.1, -0.05) is 60.7 Å². The molecular weight excluding hydrogens is 472 g/mol. The van der Waals surface area contributed by atoms with Crippen LogP contribution in [0.5, 0.6) is 0 Å². The van der Waals surface area contributed by atoms with Gasteiger partial charge in [-0.15, -0.1) is 0 Å². The summed E-state index contributed by atoms with van der Waals surface area (Å²) in [6.45, 7) is 2.83. The van der Waals surface area contributed by atoms with Crippen LogP contribution < -0.4 is 4.90 Å². The first-order valence-corrected chi connectivity index (χ1v) is 12.5. The normalized spacial score (nSPS) is 24.8. The van der Waals surface area contributed by atoms with Gasteiger partial charge in [0.15, 0.2) is 23.2 Å². The number of aliphatic hydroxyl groups is 3. The van der Waals surface area contributed by atoms with Crippen LogP contribution in [-0.2, 0) is 4.74 Å². The summed E-state index contributed by atoms with van der Waals surface area (Å²) in [7, 11) is 0. The fourth-order valence-electron chi connectivity index (χ4n) is 5.44. The number of aromatic nitrogens is 4. The van der Waals surface area contributed by atoms with Crippen molar-refractivity contribution in [1.29, 1.82) is 0 Å². The molecule has 0 radical (unpaired) electrons. The van der Waals surface area contributed by atoms with Gasteiger partial charge in [0.1, 0.15) is 24.6 Å². The molecule has 0 unspecified atom stereocenters. The van der Waals surface area contributed by atoms with E-state index in [4.69, 9.17) is 4.74 Å². The maximum atomic E-state index is 10.5. The van der Waals surface area contributed by atoms with Crippen molar-refractivity contribution in [3.63, 3.8) is 0 Å². The highest BCUT2D eigenvalue weighted by Crippen LogP contribution is 2.34. The van der Waals surface area contributed by atoms with Crippen LogP contribution in [0.1, 0.15) is 23.4 Å². The minimum atomic E-state index is -1.20. The van der Waals surface area contributed by atoms with Gasteiger partial charge in [0.25, 0.3) is 0 Å². The number of hydrogen-bond donors (Lipinski definition) is 3. The fraction of sp³-hybridized carbons (Fsp3) is 0.370. The van der Waals surface area contributed by atoms with Crippen molar-refractivity contribution in [3.05, 3.63) is 84.4 Å². The summed E-state index contributed by atoms with van der Waals surface area (Å²) in [5.74, 6) is 0.728. The SMILES string of the molecule is OC[C@H]1O[C@@H](n2cnc3c(N4CCN(C(c5ccccc5)c5ccccc5)CC4)ncnc32)[C@H](O)[C@@H]1O. The van der Waals surface area contributed by atoms with E-state index in [1.807, 2.05) is 12.1 Å². The molecule has 3 N–H and O–H groups in total. The molecule has 4 atom stereocenters. The third-order valence-electron chi connectivity index (χ3n) is 7.34. The van der Waals surface area contributed by atoms with Crippen molar-refractivity contribution >= 4 is 17.0 Å². The number of nitrogens with zero attached hydrogens (tertiary/aromatic N) is 6. The molecule has 10 heteroatoms. The molecule has 0 spiro atoms. The molecule has 4 heterocycles. The zero-order valence-electron chi connectivity index (χ0n) is 20.3. The summed E-state index contributed by atoms with van der Waals surface area (Å²) in [6.07, 6.45) is -1.13. The van der Waals surface area contributed by atoms with E-state index in [0.717, 1.165) is 32.0 Å². The largest absolute Gasteiger partial charge is 0.394 e. The second kappa shape index (κ2) is 10.2. The summed E-state index contributed by atoms with van der Waals surface area (Å²) in [5.41, 5.74) is 3.65. The third kappa shape index (κ3) is 4.36. The summed E-state index contributed by atoms with van der Waals surface area (Å²) in [4.78, 5) is 18.2. The zero-order valence-corrected chi connectivity index (χ0v) is 20.3. The number of aliphatic hydroxyl groups excluding tert-OH is 3. The van der Waals surface area contributed by atoms with Gasteiger partial charge in [0, 0.05) is 26.2 Å². The van der Waals surface area contributed by atoms with E-state index in [9.17, 15) is 15.3 Å². The Morgan fingerprint density at radius 2 is 1.49 bits per heavy atom. The van der Waals surface area contributed by atoms with Crippen LogP contribution in [0.3, 0.4) is 0 Å². The number of fused-ring (bicyclic) bond motifs is 1. The Bertz CT molecular complexity index is 1290. The Hall–Kier alpha value is -3.41. The summed E-state index contributed by atoms with van der Waals surface area (Å²) in [6, 6.07) is 21.3. The number of imidazole rings is 1. The van der Waals surface area contributed by atoms with E-state index in [-0.39, 0.29) is 6.04 Å². The van der Waals surface area contributed by atoms with E-state index in [1.54, 1.807) is 10.9 Å². The predicted molar refractivity (Wildman–Crippen MR) is 137 cm³/mol. The quantitative estimate of drug-likeness (QED) is 0.359. The van der Waals surface area contributed by atoms with Crippen molar-refractivity contribution in [1.82, 2.24) is 24.4 Å². The van der Waals surface area contributed by atoms with Crippen LogP contribution in [0, 0.1) is 0 Å². The van der Waals surface area contributed by atoms with Crippen LogP contribution in [0.25, 0.3) is 11.2 Å². The van der Waals surface area contributed by atoms with Gasteiger partial charge in [-0.2, -0.15) is 0 Å². The molecule has 2 saturated heterocycles. The predicted octanol–water partition coefficient (Wildman–Crippen LogP) is 1.35. The van der Waals surface area contributed by atoms with Gasteiger partial charge in [-0.05, 0) is 11.1 Å². The minimum Gasteiger partial charge on any atom is -0.394 e. The van der Waals surface area contributed by atoms with E-state index >= 15 is 0 Å². The number of rotatable bonds is 6. The Morgan fingerprint density at radius 1 is 0.838 bits per heavy atom. The van der Waals surface area contributed by atoms with E-state index in [0.29, 0.717) is 11.2 Å². The lowest BCUT2D eigenvalue weighted by Gasteiger charge is -2.40. The molecule has 0 aliphatic carbocycles. The van der Waals surface area contributed by atoms with Crippen LogP contribution in [0.4, 0.5) is 5.82 Å². The van der Waals surface area contributed by atoms with Crippen LogP contribution >= 0.6 is 0 Å². The summed E-state index contributed by atoms with van der Waals surface area (Å²) < 4.78 is 7.29. The molecule has 10 nitrogen and oxygen atoms in total. The van der Waals surface area contributed by atoms with Crippen LogP contribution in [0.2, 0.25) is 0 Å². The lowest BCUT2D eigenvalue weighted by atomic mass is 9.96. The maximum Gasteiger partial charge on any atom is 0.167 e. The topological polar surface area (TPSA) is 120 Å². The monoisotopic (exact) mass is 502 g/mol. The number of anilines is 1. The van der Waals surface area contributed by atoms with E-state index in [2.05, 4.69) is 73.3 Å². The second-order valence-electron chi connectivity index (χ2n) is 9.50. The number of hydrogen-bond acceptors (Lipinski definition) is 9. The molecule has 2 fully saturated rings. The standard InChI is InChI=1S/C27H30N6O4/c34-15-20-23(35)24(36)27(37-20)33-17-30-21-25(28-16-29-26(21)33)32-13-11-31(12-14-32)22(18-7-3-1-4-8-18)19-9-5-2-6-10-19/h1-10,16-17,20,22-24,27,34-36H,11-15H2/t20-,23-,24-,27-/m1/s1. The van der Waals surface area contributed by atoms with E-state index < -0.39 is 31.1 Å². The number of ether oxygens (including phenoxy) is 1. The molecule has 192 valence electrons. The lowest BCUT2D eigenvalue weighted by molar-refractivity contribution is -0.0511. The average molecular weight is 503 g/mol. The second-order valence-corrected chi connectivity index (χ2v) is 9.50. The van der Waals surface area contributed by atoms with Gasteiger partial charge >= 0.3 is 0 Å². The van der Waals surface area contributed by atoms with Crippen LogP contribution in [-0.4, -0.2) is 90.8 Å². The van der Waals surface area contributed by atoms with Gasteiger partial charge in [-0.3, -0.25) is 9.47 Å². The maximum absolute atomic E-state index is 10.5. The van der Waals surface area contributed by atoms with Gasteiger partial charge < -0.3 is 25.0 Å². The van der Waals surface area contributed by atoms with Crippen molar-refractivity contribution in [2.75, 3.05) is 37.7 Å². The molecule has 2 aliphatic rings. The molecule has 2 aromatic carbocycles. The Balaban J connectivity index is 1.24. The lowest BCUT2D eigenvalue weighted by Crippen LogP contribution is -2.48. The van der Waals surface area contributed by atoms with Crippen molar-refractivity contribution in [3.8, 4) is 0 Å². The summed E-state index contributed by atoms with van der Waals surface area (Å²) in [5, 5.41) is 30.1. The van der Waals surface area contributed by atoms with Gasteiger partial charge in [-0.25, -0.2) is 15.0 Å². The molecule has 2 aromatic heterocycles. The highest BCUT2D eigenvalue weighted by Gasteiger charge is 2.44. The minimum absolute atomic E-state index is 0.168. The molecule has 0 saturated carbocycles. The summed E-state index contributed by atoms with van der Waals surface area (Å²) >= 11 is 0. The first kappa shape index (κ1) is 24.0. The van der Waals surface area contributed by atoms with E-state index in [1.165, 1.54) is 17.5 Å². The average Bonchev–Trinajstić information content (AvgIpc) is 3.51. The van der Waals surface area contributed by atoms with Crippen molar-refractivity contribution in [2.45, 2.75) is 30.6 Å². The Kier molecular flexibility index (Phi) is 6.58. The number of piperazine rings is 1. The highest BCUT2D eigenvalue weighted by atomic mass is 16.6. The highest BCUT2D eigenvalue weighted by molar-refractivity contribution is 5.83. The molecule has 6 rings (SSSR count). The zero-order chi connectivity index (χ0) is 25.4. The molecule has 0 amide bonds. The molecule has 37 heavy (non-hydrogen) atoms. The Morgan fingerprint density at radius 3 is 2.08 bits per heavy atom. The third-order valence-corrected chi connectivity index (χ3v) is 7.34. The molecular formula is C27H30N6O4. The van der Waals surface area contributed by atoms with Gasteiger partial charge in [0.2, 0.25) is 0 Å².